The number of sulfonamides is 1. The first-order chi connectivity index (χ1) is 7.21. The molecule has 3 N–H and O–H groups in total. The van der Waals surface area contributed by atoms with Gasteiger partial charge in [-0.2, -0.15) is 13.9 Å². The first kappa shape index (κ1) is 12.5. The summed E-state index contributed by atoms with van der Waals surface area (Å²) in [5.74, 6) is -2.17. The van der Waals surface area contributed by atoms with Crippen LogP contribution in [0.25, 0.3) is 0 Å². The van der Waals surface area contributed by atoms with Gasteiger partial charge in [0, 0.05) is 13.2 Å². The molecule has 1 rings (SSSR count). The Bertz CT molecular complexity index is 510. The molecule has 90 valence electrons. The second-order valence-electron chi connectivity index (χ2n) is 2.85. The van der Waals surface area contributed by atoms with Gasteiger partial charge < -0.3 is 5.32 Å². The van der Waals surface area contributed by atoms with Crippen molar-refractivity contribution in [2.75, 3.05) is 5.32 Å². The van der Waals surface area contributed by atoms with Crippen molar-refractivity contribution in [2.45, 2.75) is 11.3 Å². The Morgan fingerprint density at radius 1 is 1.62 bits per heavy atom. The molecule has 1 aromatic heterocycles. The molecule has 0 aliphatic rings. The number of hydrogen-bond donors (Lipinski definition) is 2. The van der Waals surface area contributed by atoms with Crippen molar-refractivity contribution in [3.05, 3.63) is 6.20 Å². The summed E-state index contributed by atoms with van der Waals surface area (Å²) in [6, 6.07) is 0. The number of hydrogen-bond acceptors (Lipinski definition) is 4. The van der Waals surface area contributed by atoms with Crippen molar-refractivity contribution in [1.29, 1.82) is 0 Å². The third-order valence-corrected chi connectivity index (χ3v) is 2.45. The highest BCUT2D eigenvalue weighted by atomic mass is 32.2. The molecular formula is C6H8F2N4O3S. The summed E-state index contributed by atoms with van der Waals surface area (Å²) >= 11 is 0. The SMILES string of the molecule is Cn1cc(S(N)(=O)=O)c(NC(=O)C(F)F)n1. The van der Waals surface area contributed by atoms with Gasteiger partial charge in [-0.3, -0.25) is 9.48 Å². The van der Waals surface area contributed by atoms with E-state index in [0.29, 0.717) is 0 Å². The largest absolute Gasteiger partial charge is 0.315 e. The van der Waals surface area contributed by atoms with Gasteiger partial charge >= 0.3 is 6.43 Å². The normalized spacial score (nSPS) is 11.8. The van der Waals surface area contributed by atoms with Crippen LogP contribution in [0.3, 0.4) is 0 Å². The summed E-state index contributed by atoms with van der Waals surface area (Å²) < 4.78 is 46.9. The number of halogens is 2. The van der Waals surface area contributed by atoms with Gasteiger partial charge in [0.25, 0.3) is 5.91 Å². The number of primary sulfonamides is 1. The molecule has 0 saturated heterocycles. The summed E-state index contributed by atoms with van der Waals surface area (Å²) in [4.78, 5) is 10.1. The van der Waals surface area contributed by atoms with Crippen LogP contribution in [-0.4, -0.2) is 30.5 Å². The molecule has 0 unspecified atom stereocenters. The van der Waals surface area contributed by atoms with Gasteiger partial charge in [0.2, 0.25) is 10.0 Å². The fraction of sp³-hybridized carbons (Fsp3) is 0.333. The number of anilines is 1. The van der Waals surface area contributed by atoms with Crippen LogP contribution in [0, 0.1) is 0 Å². The van der Waals surface area contributed by atoms with Crippen LogP contribution in [0.5, 0.6) is 0 Å². The quantitative estimate of drug-likeness (QED) is 0.741. The van der Waals surface area contributed by atoms with Crippen LogP contribution in [0.15, 0.2) is 11.1 Å². The molecule has 0 radical (unpaired) electrons. The maximum atomic E-state index is 11.9. The number of carbonyl (C=O) groups is 1. The standard InChI is InChI=1S/C6H8F2N4O3S/c1-12-2-3(16(9,14)15)5(11-12)10-6(13)4(7)8/h2,4H,1H3,(H2,9,14,15)(H,10,11,13). The molecule has 10 heteroatoms. The van der Waals surface area contributed by atoms with E-state index in [1.54, 1.807) is 5.32 Å². The maximum Gasteiger partial charge on any atom is 0.315 e. The lowest BCUT2D eigenvalue weighted by atomic mass is 10.5. The Kier molecular flexibility index (Phi) is 3.24. The number of rotatable bonds is 3. The molecule has 0 aromatic carbocycles. The molecule has 16 heavy (non-hydrogen) atoms. The average Bonchev–Trinajstić information content (AvgIpc) is 2.45. The first-order valence-electron chi connectivity index (χ1n) is 3.87. The Hall–Kier alpha value is -1.55. The van der Waals surface area contributed by atoms with Gasteiger partial charge in [-0.05, 0) is 0 Å². The zero-order valence-corrected chi connectivity index (χ0v) is 8.83. The summed E-state index contributed by atoms with van der Waals surface area (Å²) in [5, 5.41) is 9.95. The van der Waals surface area contributed by atoms with Gasteiger partial charge in [-0.25, -0.2) is 13.6 Å². The van der Waals surface area contributed by atoms with Crippen molar-refractivity contribution in [3.8, 4) is 0 Å². The van der Waals surface area contributed by atoms with Crippen LogP contribution in [0.4, 0.5) is 14.6 Å². The number of nitrogens with one attached hydrogen (secondary N) is 1. The number of nitrogens with two attached hydrogens (primary N) is 1. The molecule has 0 aliphatic carbocycles. The number of aryl methyl sites for hydroxylation is 1. The third kappa shape index (κ3) is 2.73. The van der Waals surface area contributed by atoms with Gasteiger partial charge in [-0.1, -0.05) is 0 Å². The van der Waals surface area contributed by atoms with E-state index in [-0.39, 0.29) is 0 Å². The Morgan fingerprint density at radius 2 is 2.19 bits per heavy atom. The molecule has 0 aliphatic heterocycles. The first-order valence-corrected chi connectivity index (χ1v) is 5.42. The molecule has 0 bridgehead atoms. The highest BCUT2D eigenvalue weighted by molar-refractivity contribution is 7.89. The lowest BCUT2D eigenvalue weighted by molar-refractivity contribution is -0.126. The lowest BCUT2D eigenvalue weighted by Crippen LogP contribution is -2.22. The van der Waals surface area contributed by atoms with Crippen LogP contribution in [-0.2, 0) is 21.9 Å². The van der Waals surface area contributed by atoms with E-state index >= 15 is 0 Å². The zero-order chi connectivity index (χ0) is 12.5. The summed E-state index contributed by atoms with van der Waals surface area (Å²) in [7, 11) is -2.77. The van der Waals surface area contributed by atoms with Crippen LogP contribution in [0.1, 0.15) is 0 Å². The number of nitrogens with zero attached hydrogens (tertiary/aromatic N) is 2. The highest BCUT2D eigenvalue weighted by Gasteiger charge is 2.23. The van der Waals surface area contributed by atoms with Gasteiger partial charge in [0.1, 0.15) is 4.90 Å². The van der Waals surface area contributed by atoms with E-state index in [0.717, 1.165) is 10.9 Å². The van der Waals surface area contributed by atoms with Crippen molar-refractivity contribution < 1.29 is 22.0 Å². The smallest absolute Gasteiger partial charge is 0.303 e. The predicted molar refractivity (Wildman–Crippen MR) is 49.2 cm³/mol. The van der Waals surface area contributed by atoms with E-state index in [4.69, 9.17) is 5.14 Å². The van der Waals surface area contributed by atoms with Crippen molar-refractivity contribution in [1.82, 2.24) is 9.78 Å². The average molecular weight is 254 g/mol. The Labute approximate surface area is 89.3 Å². The van der Waals surface area contributed by atoms with Crippen molar-refractivity contribution in [2.24, 2.45) is 12.2 Å². The highest BCUT2D eigenvalue weighted by Crippen LogP contribution is 2.17. The minimum absolute atomic E-state index is 0.518. The van der Waals surface area contributed by atoms with Gasteiger partial charge in [0.05, 0.1) is 0 Å². The van der Waals surface area contributed by atoms with E-state index in [9.17, 15) is 22.0 Å². The van der Waals surface area contributed by atoms with Crippen LogP contribution in [0.2, 0.25) is 0 Å². The second kappa shape index (κ2) is 4.14. The fourth-order valence-corrected chi connectivity index (χ4v) is 1.59. The maximum absolute atomic E-state index is 11.9. The predicted octanol–water partition coefficient (Wildman–Crippen LogP) is -0.729. The summed E-state index contributed by atoms with van der Waals surface area (Å²) in [5.41, 5.74) is 0. The number of aromatic nitrogens is 2. The van der Waals surface area contributed by atoms with E-state index in [2.05, 4.69) is 5.10 Å². The zero-order valence-electron chi connectivity index (χ0n) is 8.02. The molecule has 0 spiro atoms. The molecule has 1 amide bonds. The third-order valence-electron chi connectivity index (χ3n) is 1.54. The molecule has 1 heterocycles. The van der Waals surface area contributed by atoms with Crippen molar-refractivity contribution >= 4 is 21.7 Å². The fourth-order valence-electron chi connectivity index (χ4n) is 0.933. The van der Waals surface area contributed by atoms with E-state index in [1.165, 1.54) is 7.05 Å². The Balaban J connectivity index is 3.10. The topological polar surface area (TPSA) is 107 Å². The summed E-state index contributed by atoms with van der Waals surface area (Å²) in [6.07, 6.45) is -2.27. The van der Waals surface area contributed by atoms with Gasteiger partial charge in [0.15, 0.2) is 5.82 Å². The monoisotopic (exact) mass is 254 g/mol. The minimum atomic E-state index is -4.13. The van der Waals surface area contributed by atoms with Crippen LogP contribution < -0.4 is 10.5 Å². The Morgan fingerprint density at radius 3 is 2.62 bits per heavy atom. The molecule has 1 aromatic rings. The second-order valence-corrected chi connectivity index (χ2v) is 4.38. The minimum Gasteiger partial charge on any atom is -0.303 e. The number of amides is 1. The molecular weight excluding hydrogens is 246 g/mol. The molecule has 0 fully saturated rings. The van der Waals surface area contributed by atoms with Crippen LogP contribution >= 0.6 is 0 Å². The lowest BCUT2D eigenvalue weighted by Gasteiger charge is -2.01. The van der Waals surface area contributed by atoms with Gasteiger partial charge in [-0.15, -0.1) is 0 Å². The van der Waals surface area contributed by atoms with E-state index < -0.39 is 33.1 Å². The molecule has 0 atom stereocenters. The number of carbonyl (C=O) groups excluding carboxylic acids is 1. The molecule has 0 saturated carbocycles. The van der Waals surface area contributed by atoms with E-state index in [1.807, 2.05) is 0 Å². The summed E-state index contributed by atoms with van der Waals surface area (Å²) in [6.45, 7) is 0. The molecule has 7 nitrogen and oxygen atoms in total. The van der Waals surface area contributed by atoms with Crippen molar-refractivity contribution in [3.63, 3.8) is 0 Å². The number of alkyl halides is 2.